The van der Waals surface area contributed by atoms with E-state index in [0.717, 1.165) is 9.69 Å². The maximum Gasteiger partial charge on any atom is 0.321 e. The van der Waals surface area contributed by atoms with E-state index in [9.17, 15) is 13.2 Å². The van der Waals surface area contributed by atoms with E-state index in [4.69, 9.17) is 0 Å². The highest BCUT2D eigenvalue weighted by molar-refractivity contribution is 7.89. The molecule has 0 unspecified atom stereocenters. The predicted octanol–water partition coefficient (Wildman–Crippen LogP) is 1.63. The number of rotatable bonds is 4. The molecule has 0 saturated heterocycles. The van der Waals surface area contributed by atoms with E-state index < -0.39 is 16.0 Å². The van der Waals surface area contributed by atoms with Crippen LogP contribution in [0.4, 0.5) is 0 Å². The number of fused-ring (bicyclic) bond motifs is 1. The highest BCUT2D eigenvalue weighted by atomic mass is 32.2. The Labute approximate surface area is 117 Å². The lowest BCUT2D eigenvalue weighted by Crippen LogP contribution is -2.32. The van der Waals surface area contributed by atoms with E-state index in [1.165, 1.54) is 20.2 Å². The Kier molecular flexibility index (Phi) is 4.06. The number of carbonyl (C=O) groups is 1. The van der Waals surface area contributed by atoms with Crippen molar-refractivity contribution in [3.8, 4) is 0 Å². The van der Waals surface area contributed by atoms with Crippen molar-refractivity contribution in [1.29, 1.82) is 0 Å². The van der Waals surface area contributed by atoms with Gasteiger partial charge in [0.2, 0.25) is 10.0 Å². The number of likely N-dealkylation sites (N-methyl/N-ethyl adjacent to an activating group) is 1. The first-order valence-electron chi connectivity index (χ1n) is 5.97. The van der Waals surface area contributed by atoms with Crippen molar-refractivity contribution in [3.05, 3.63) is 42.5 Å². The molecule has 0 aromatic heterocycles. The van der Waals surface area contributed by atoms with Crippen molar-refractivity contribution in [1.82, 2.24) is 4.31 Å². The minimum atomic E-state index is -3.74. The molecular formula is C14H15NO4S. The third-order valence-corrected chi connectivity index (χ3v) is 4.88. The van der Waals surface area contributed by atoms with Gasteiger partial charge in [0.05, 0.1) is 12.0 Å². The number of sulfonamides is 1. The Bertz CT molecular complexity index is 734. The molecular weight excluding hydrogens is 278 g/mol. The average molecular weight is 293 g/mol. The molecule has 20 heavy (non-hydrogen) atoms. The number of methoxy groups -OCH3 is 1. The standard InChI is InChI=1S/C14H15NO4S/c1-15(10-14(16)19-2)20(17,18)13-9-5-7-11-6-3-4-8-12(11)13/h3-9H,10H2,1-2H3. The summed E-state index contributed by atoms with van der Waals surface area (Å²) < 4.78 is 30.5. The summed E-state index contributed by atoms with van der Waals surface area (Å²) in [7, 11) is -1.16. The van der Waals surface area contributed by atoms with Crippen LogP contribution in [0, 0.1) is 0 Å². The summed E-state index contributed by atoms with van der Waals surface area (Å²) >= 11 is 0. The minimum absolute atomic E-state index is 0.182. The fourth-order valence-corrected chi connectivity index (χ4v) is 3.25. The molecule has 5 nitrogen and oxygen atoms in total. The first-order valence-corrected chi connectivity index (χ1v) is 7.41. The van der Waals surface area contributed by atoms with Gasteiger partial charge in [-0.3, -0.25) is 4.79 Å². The smallest absolute Gasteiger partial charge is 0.321 e. The van der Waals surface area contributed by atoms with E-state index in [1.807, 2.05) is 18.2 Å². The van der Waals surface area contributed by atoms with Gasteiger partial charge in [0.25, 0.3) is 0 Å². The zero-order valence-corrected chi connectivity index (χ0v) is 12.1. The van der Waals surface area contributed by atoms with Crippen molar-refractivity contribution in [3.63, 3.8) is 0 Å². The molecule has 0 saturated carbocycles. The summed E-state index contributed by atoms with van der Waals surface area (Å²) in [5.74, 6) is -0.601. The molecule has 0 aliphatic heterocycles. The fourth-order valence-electron chi connectivity index (χ4n) is 1.92. The van der Waals surface area contributed by atoms with Crippen LogP contribution in [0.25, 0.3) is 10.8 Å². The summed E-state index contributed by atoms with van der Waals surface area (Å²) in [4.78, 5) is 11.4. The molecule has 0 heterocycles. The summed E-state index contributed by atoms with van der Waals surface area (Å²) in [5, 5.41) is 1.46. The first-order chi connectivity index (χ1) is 9.46. The van der Waals surface area contributed by atoms with Crippen molar-refractivity contribution in [2.75, 3.05) is 20.7 Å². The lowest BCUT2D eigenvalue weighted by Gasteiger charge is -2.17. The average Bonchev–Trinajstić information content (AvgIpc) is 2.46. The Morgan fingerprint density at radius 3 is 2.50 bits per heavy atom. The molecule has 0 aliphatic rings. The largest absolute Gasteiger partial charge is 0.468 e. The summed E-state index contributed by atoms with van der Waals surface area (Å²) in [6, 6.07) is 12.3. The van der Waals surface area contributed by atoms with Gasteiger partial charge in [-0.25, -0.2) is 8.42 Å². The second-order valence-corrected chi connectivity index (χ2v) is 6.33. The predicted molar refractivity (Wildman–Crippen MR) is 75.8 cm³/mol. The van der Waals surface area contributed by atoms with Crippen LogP contribution in [0.2, 0.25) is 0 Å². The van der Waals surface area contributed by atoms with Gasteiger partial charge in [0.1, 0.15) is 6.54 Å². The maximum atomic E-state index is 12.5. The SMILES string of the molecule is COC(=O)CN(C)S(=O)(=O)c1cccc2ccccc12. The van der Waals surface area contributed by atoms with Crippen molar-refractivity contribution >= 4 is 26.8 Å². The van der Waals surface area contributed by atoms with Crippen LogP contribution >= 0.6 is 0 Å². The molecule has 0 atom stereocenters. The third-order valence-electron chi connectivity index (χ3n) is 3.02. The van der Waals surface area contributed by atoms with Crippen LogP contribution in [0.3, 0.4) is 0 Å². The van der Waals surface area contributed by atoms with Crippen LogP contribution in [0.5, 0.6) is 0 Å². The molecule has 2 rings (SSSR count). The maximum absolute atomic E-state index is 12.5. The van der Waals surface area contributed by atoms with Gasteiger partial charge in [-0.05, 0) is 11.5 Å². The Balaban J connectivity index is 2.49. The van der Waals surface area contributed by atoms with E-state index in [1.54, 1.807) is 18.2 Å². The van der Waals surface area contributed by atoms with Gasteiger partial charge in [-0.1, -0.05) is 36.4 Å². The molecule has 0 aliphatic carbocycles. The van der Waals surface area contributed by atoms with Gasteiger partial charge >= 0.3 is 5.97 Å². The van der Waals surface area contributed by atoms with Crippen LogP contribution < -0.4 is 0 Å². The molecule has 106 valence electrons. The van der Waals surface area contributed by atoms with Crippen molar-refractivity contribution in [2.45, 2.75) is 4.90 Å². The summed E-state index contributed by atoms with van der Waals surface area (Å²) in [6.45, 7) is -0.317. The number of benzene rings is 2. The summed E-state index contributed by atoms with van der Waals surface area (Å²) in [5.41, 5.74) is 0. The molecule has 2 aromatic rings. The minimum Gasteiger partial charge on any atom is -0.468 e. The lowest BCUT2D eigenvalue weighted by molar-refractivity contribution is -0.140. The van der Waals surface area contributed by atoms with Crippen molar-refractivity contribution < 1.29 is 17.9 Å². The van der Waals surface area contributed by atoms with Crippen LogP contribution in [-0.2, 0) is 19.6 Å². The van der Waals surface area contributed by atoms with E-state index in [0.29, 0.717) is 5.39 Å². The topological polar surface area (TPSA) is 63.7 Å². The highest BCUT2D eigenvalue weighted by Gasteiger charge is 2.24. The van der Waals surface area contributed by atoms with Crippen LogP contribution in [0.1, 0.15) is 0 Å². The number of nitrogens with zero attached hydrogens (tertiary/aromatic N) is 1. The quantitative estimate of drug-likeness (QED) is 0.804. The molecule has 0 N–H and O–H groups in total. The Morgan fingerprint density at radius 2 is 1.80 bits per heavy atom. The number of esters is 1. The van der Waals surface area contributed by atoms with Crippen molar-refractivity contribution in [2.24, 2.45) is 0 Å². The van der Waals surface area contributed by atoms with Gasteiger partial charge < -0.3 is 4.74 Å². The monoisotopic (exact) mass is 293 g/mol. The second kappa shape index (κ2) is 5.60. The lowest BCUT2D eigenvalue weighted by atomic mass is 10.1. The first kappa shape index (κ1) is 14.5. The van der Waals surface area contributed by atoms with Crippen LogP contribution in [0.15, 0.2) is 47.4 Å². The molecule has 2 aromatic carbocycles. The molecule has 0 spiro atoms. The van der Waals surface area contributed by atoms with Gasteiger partial charge in [0, 0.05) is 12.4 Å². The molecule has 0 bridgehead atoms. The molecule has 0 radical (unpaired) electrons. The number of hydrogen-bond acceptors (Lipinski definition) is 4. The Hall–Kier alpha value is -1.92. The van der Waals surface area contributed by atoms with Gasteiger partial charge in [0.15, 0.2) is 0 Å². The highest BCUT2D eigenvalue weighted by Crippen LogP contribution is 2.24. The molecule has 0 fully saturated rings. The van der Waals surface area contributed by atoms with E-state index in [2.05, 4.69) is 4.74 Å². The zero-order chi connectivity index (χ0) is 14.8. The molecule has 0 amide bonds. The number of carbonyl (C=O) groups excluding carboxylic acids is 1. The molecule has 6 heteroatoms. The second-order valence-electron chi connectivity index (χ2n) is 4.31. The number of hydrogen-bond donors (Lipinski definition) is 0. The van der Waals surface area contributed by atoms with Gasteiger partial charge in [-0.2, -0.15) is 4.31 Å². The summed E-state index contributed by atoms with van der Waals surface area (Å²) in [6.07, 6.45) is 0. The number of ether oxygens (including phenoxy) is 1. The van der Waals surface area contributed by atoms with Gasteiger partial charge in [-0.15, -0.1) is 0 Å². The fraction of sp³-hybridized carbons (Fsp3) is 0.214. The third kappa shape index (κ3) is 2.66. The Morgan fingerprint density at radius 1 is 1.15 bits per heavy atom. The van der Waals surface area contributed by atoms with Crippen LogP contribution in [-0.4, -0.2) is 39.4 Å². The van der Waals surface area contributed by atoms with E-state index in [-0.39, 0.29) is 11.4 Å². The van der Waals surface area contributed by atoms with E-state index >= 15 is 0 Å². The normalized spacial score (nSPS) is 11.8. The zero-order valence-electron chi connectivity index (χ0n) is 11.2.